The predicted molar refractivity (Wildman–Crippen MR) is 90.2 cm³/mol. The second-order valence-corrected chi connectivity index (χ2v) is 6.89. The second-order valence-electron chi connectivity index (χ2n) is 6.89. The Kier molecular flexibility index (Phi) is 3.66. The first-order valence-corrected chi connectivity index (χ1v) is 8.92. The van der Waals surface area contributed by atoms with Gasteiger partial charge in [0.1, 0.15) is 0 Å². The third-order valence-corrected chi connectivity index (χ3v) is 4.97. The normalized spacial score (nSPS) is 20.7. The zero-order chi connectivity index (χ0) is 17.5. The molecular formula is C17H19N7O2. The van der Waals surface area contributed by atoms with Gasteiger partial charge in [0.15, 0.2) is 5.65 Å². The average molecular weight is 353 g/mol. The van der Waals surface area contributed by atoms with Crippen LogP contribution in [0.25, 0.3) is 5.65 Å². The number of aromatic nitrogens is 5. The second kappa shape index (κ2) is 6.17. The third kappa shape index (κ3) is 2.84. The standard InChI is InChI=1S/C17H19N7O2/c25-16(20-11-3-4-11)15-21-17(26-22-15)13-2-1-6-23(13)10-12-8-19-14-9-18-5-7-24(12)14/h5,7-9,11,13H,1-4,6,10H2,(H,20,25)/t13-/m0/s1. The van der Waals surface area contributed by atoms with Crippen molar-refractivity contribution in [2.24, 2.45) is 0 Å². The van der Waals surface area contributed by atoms with Gasteiger partial charge in [0.25, 0.3) is 11.7 Å². The predicted octanol–water partition coefficient (Wildman–Crippen LogP) is 1.34. The molecule has 0 bridgehead atoms. The van der Waals surface area contributed by atoms with Crippen LogP contribution in [-0.2, 0) is 6.54 Å². The highest BCUT2D eigenvalue weighted by molar-refractivity contribution is 5.90. The number of nitrogens with zero attached hydrogens (tertiary/aromatic N) is 6. The number of likely N-dealkylation sites (tertiary alicyclic amines) is 1. The minimum Gasteiger partial charge on any atom is -0.346 e. The van der Waals surface area contributed by atoms with Gasteiger partial charge < -0.3 is 9.84 Å². The van der Waals surface area contributed by atoms with Crippen molar-refractivity contribution in [2.45, 2.75) is 44.3 Å². The number of rotatable bonds is 5. The van der Waals surface area contributed by atoms with Gasteiger partial charge in [-0.15, -0.1) is 0 Å². The molecule has 9 heteroatoms. The van der Waals surface area contributed by atoms with Crippen molar-refractivity contribution in [2.75, 3.05) is 6.54 Å². The smallest absolute Gasteiger partial charge is 0.292 e. The molecule has 5 rings (SSSR count). The Balaban J connectivity index is 1.34. The molecule has 0 radical (unpaired) electrons. The van der Waals surface area contributed by atoms with Crippen LogP contribution >= 0.6 is 0 Å². The molecule has 3 aromatic rings. The molecular weight excluding hydrogens is 334 g/mol. The number of amides is 1. The molecule has 0 unspecified atom stereocenters. The van der Waals surface area contributed by atoms with Crippen molar-refractivity contribution in [3.05, 3.63) is 42.2 Å². The Morgan fingerprint density at radius 3 is 3.12 bits per heavy atom. The van der Waals surface area contributed by atoms with Gasteiger partial charge in [0, 0.05) is 25.0 Å². The summed E-state index contributed by atoms with van der Waals surface area (Å²) in [7, 11) is 0. The topological polar surface area (TPSA) is 101 Å². The molecule has 1 saturated carbocycles. The number of imidazole rings is 1. The molecule has 1 amide bonds. The van der Waals surface area contributed by atoms with E-state index in [4.69, 9.17) is 4.52 Å². The highest BCUT2D eigenvalue weighted by Gasteiger charge is 2.33. The largest absolute Gasteiger partial charge is 0.346 e. The van der Waals surface area contributed by atoms with Crippen LogP contribution < -0.4 is 5.32 Å². The fraction of sp³-hybridized carbons (Fsp3) is 0.471. The van der Waals surface area contributed by atoms with E-state index >= 15 is 0 Å². The first-order chi connectivity index (χ1) is 12.8. The maximum absolute atomic E-state index is 12.1. The van der Waals surface area contributed by atoms with E-state index in [1.807, 2.05) is 16.8 Å². The fourth-order valence-electron chi connectivity index (χ4n) is 3.46. The monoisotopic (exact) mass is 353 g/mol. The van der Waals surface area contributed by atoms with Crippen LogP contribution in [0.1, 0.15) is 53.9 Å². The molecule has 134 valence electrons. The van der Waals surface area contributed by atoms with E-state index in [0.717, 1.165) is 50.1 Å². The number of hydrogen-bond donors (Lipinski definition) is 1. The van der Waals surface area contributed by atoms with Crippen molar-refractivity contribution >= 4 is 11.6 Å². The number of hydrogen-bond acceptors (Lipinski definition) is 7. The van der Waals surface area contributed by atoms with Crippen LogP contribution in [0.15, 0.2) is 29.3 Å². The fourth-order valence-corrected chi connectivity index (χ4v) is 3.46. The first-order valence-electron chi connectivity index (χ1n) is 8.92. The Morgan fingerprint density at radius 1 is 1.31 bits per heavy atom. The quantitative estimate of drug-likeness (QED) is 0.738. The summed E-state index contributed by atoms with van der Waals surface area (Å²) in [4.78, 5) is 27.2. The van der Waals surface area contributed by atoms with E-state index in [1.165, 1.54) is 0 Å². The lowest BCUT2D eigenvalue weighted by atomic mass is 10.2. The van der Waals surface area contributed by atoms with Gasteiger partial charge in [0.05, 0.1) is 24.1 Å². The molecule has 2 aliphatic rings. The van der Waals surface area contributed by atoms with Crippen molar-refractivity contribution in [3.63, 3.8) is 0 Å². The lowest BCUT2D eigenvalue weighted by Gasteiger charge is -2.20. The summed E-state index contributed by atoms with van der Waals surface area (Å²) in [6.07, 6.45) is 11.3. The van der Waals surface area contributed by atoms with Crippen LogP contribution in [0.2, 0.25) is 0 Å². The summed E-state index contributed by atoms with van der Waals surface area (Å²) in [6.45, 7) is 1.66. The van der Waals surface area contributed by atoms with E-state index in [0.29, 0.717) is 5.89 Å². The summed E-state index contributed by atoms with van der Waals surface area (Å²) in [5.74, 6) is 0.389. The van der Waals surface area contributed by atoms with Gasteiger partial charge >= 0.3 is 0 Å². The molecule has 1 aliphatic carbocycles. The molecule has 26 heavy (non-hydrogen) atoms. The summed E-state index contributed by atoms with van der Waals surface area (Å²) in [6, 6.07) is 0.300. The molecule has 1 saturated heterocycles. The van der Waals surface area contributed by atoms with E-state index in [1.54, 1.807) is 12.4 Å². The highest BCUT2D eigenvalue weighted by Crippen LogP contribution is 2.32. The molecule has 4 heterocycles. The summed E-state index contributed by atoms with van der Waals surface area (Å²) in [5.41, 5.74) is 1.91. The van der Waals surface area contributed by atoms with Crippen LogP contribution in [0.4, 0.5) is 0 Å². The summed E-state index contributed by atoms with van der Waals surface area (Å²) in [5, 5.41) is 6.76. The van der Waals surface area contributed by atoms with Gasteiger partial charge in [-0.25, -0.2) is 4.98 Å². The minimum atomic E-state index is -0.249. The Morgan fingerprint density at radius 2 is 2.23 bits per heavy atom. The van der Waals surface area contributed by atoms with Crippen molar-refractivity contribution in [1.29, 1.82) is 0 Å². The highest BCUT2D eigenvalue weighted by atomic mass is 16.5. The Bertz CT molecular complexity index is 945. The van der Waals surface area contributed by atoms with Crippen molar-refractivity contribution in [3.8, 4) is 0 Å². The van der Waals surface area contributed by atoms with Crippen molar-refractivity contribution in [1.82, 2.24) is 34.7 Å². The maximum atomic E-state index is 12.1. The summed E-state index contributed by atoms with van der Waals surface area (Å²) < 4.78 is 7.45. The van der Waals surface area contributed by atoms with Gasteiger partial charge in [-0.1, -0.05) is 5.16 Å². The molecule has 9 nitrogen and oxygen atoms in total. The number of carbonyl (C=O) groups is 1. The molecule has 1 N–H and O–H groups in total. The molecule has 0 aromatic carbocycles. The molecule has 2 fully saturated rings. The van der Waals surface area contributed by atoms with Gasteiger partial charge in [-0.05, 0) is 32.2 Å². The maximum Gasteiger partial charge on any atom is 0.292 e. The van der Waals surface area contributed by atoms with Gasteiger partial charge in [-0.2, -0.15) is 4.98 Å². The molecule has 1 aliphatic heterocycles. The van der Waals surface area contributed by atoms with Crippen molar-refractivity contribution < 1.29 is 9.32 Å². The van der Waals surface area contributed by atoms with Crippen LogP contribution in [0, 0.1) is 0 Å². The molecule has 1 atom stereocenters. The van der Waals surface area contributed by atoms with Crippen LogP contribution in [-0.4, -0.2) is 47.9 Å². The lowest BCUT2D eigenvalue weighted by Crippen LogP contribution is -2.27. The van der Waals surface area contributed by atoms with E-state index in [-0.39, 0.29) is 23.8 Å². The van der Waals surface area contributed by atoms with E-state index in [9.17, 15) is 4.79 Å². The first kappa shape index (κ1) is 15.4. The molecule has 0 spiro atoms. The van der Waals surface area contributed by atoms with Crippen LogP contribution in [0.3, 0.4) is 0 Å². The Labute approximate surface area is 149 Å². The number of nitrogens with one attached hydrogen (secondary N) is 1. The zero-order valence-electron chi connectivity index (χ0n) is 14.2. The van der Waals surface area contributed by atoms with E-state index < -0.39 is 0 Å². The average Bonchev–Trinajstić information content (AvgIpc) is 3.07. The minimum absolute atomic E-state index is 0.0253. The van der Waals surface area contributed by atoms with E-state index in [2.05, 4.69) is 30.3 Å². The molecule has 3 aromatic heterocycles. The van der Waals surface area contributed by atoms with Gasteiger partial charge in [-0.3, -0.25) is 19.1 Å². The SMILES string of the molecule is O=C(NC1CC1)c1noc([C@@H]2CCCN2Cc2cnc3cnccn23)n1. The Hall–Kier alpha value is -2.81. The lowest BCUT2D eigenvalue weighted by molar-refractivity contribution is 0.0937. The van der Waals surface area contributed by atoms with Gasteiger partial charge in [0.2, 0.25) is 5.89 Å². The summed E-state index contributed by atoms with van der Waals surface area (Å²) >= 11 is 0. The number of carbonyl (C=O) groups excluding carboxylic acids is 1. The van der Waals surface area contributed by atoms with Crippen LogP contribution in [0.5, 0.6) is 0 Å². The zero-order valence-corrected chi connectivity index (χ0v) is 14.2. The third-order valence-electron chi connectivity index (χ3n) is 4.97. The number of fused-ring (bicyclic) bond motifs is 1.